The normalized spacial score (nSPS) is 9.77. The summed E-state index contributed by atoms with van der Waals surface area (Å²) in [5, 5.41) is 0. The molecule has 13 heavy (non-hydrogen) atoms. The summed E-state index contributed by atoms with van der Waals surface area (Å²) in [7, 11) is 0. The van der Waals surface area contributed by atoms with Gasteiger partial charge in [-0.3, -0.25) is 9.59 Å². The van der Waals surface area contributed by atoms with Crippen LogP contribution >= 0.6 is 0 Å². The first-order valence-corrected chi connectivity index (χ1v) is 3.51. The lowest BCUT2D eigenvalue weighted by Crippen LogP contribution is -2.02. The van der Waals surface area contributed by atoms with Crippen molar-refractivity contribution >= 4 is 12.1 Å². The van der Waals surface area contributed by atoms with Gasteiger partial charge in [0.1, 0.15) is 17.9 Å². The molecular formula is C9H6F2O2. The number of rotatable bonds is 2. The standard InChI is InChI=1S/C9H6F2O2/c1-5(13)9-7(10)2-6(4-12)3-8(9)11/h2-4H,1H3. The van der Waals surface area contributed by atoms with Gasteiger partial charge in [0.2, 0.25) is 0 Å². The van der Waals surface area contributed by atoms with Gasteiger partial charge >= 0.3 is 0 Å². The lowest BCUT2D eigenvalue weighted by molar-refractivity contribution is 0.100. The highest BCUT2D eigenvalue weighted by atomic mass is 19.1. The van der Waals surface area contributed by atoms with E-state index in [0.717, 1.165) is 19.1 Å². The van der Waals surface area contributed by atoms with Crippen molar-refractivity contribution < 1.29 is 18.4 Å². The summed E-state index contributed by atoms with van der Waals surface area (Å²) in [4.78, 5) is 20.9. The first kappa shape index (κ1) is 9.51. The van der Waals surface area contributed by atoms with E-state index in [4.69, 9.17) is 0 Å². The van der Waals surface area contributed by atoms with E-state index in [9.17, 15) is 18.4 Å². The van der Waals surface area contributed by atoms with Gasteiger partial charge in [-0.2, -0.15) is 0 Å². The molecule has 0 saturated heterocycles. The molecule has 0 radical (unpaired) electrons. The summed E-state index contributed by atoms with van der Waals surface area (Å²) in [6.45, 7) is 1.06. The van der Waals surface area contributed by atoms with E-state index in [-0.39, 0.29) is 5.56 Å². The number of aldehydes is 1. The monoisotopic (exact) mass is 184 g/mol. The smallest absolute Gasteiger partial charge is 0.165 e. The molecule has 1 aromatic rings. The number of ketones is 1. The second-order valence-corrected chi connectivity index (χ2v) is 2.53. The quantitative estimate of drug-likeness (QED) is 0.520. The van der Waals surface area contributed by atoms with E-state index in [0.29, 0.717) is 6.29 Å². The zero-order valence-corrected chi connectivity index (χ0v) is 6.80. The molecule has 4 heteroatoms. The number of benzene rings is 1. The van der Waals surface area contributed by atoms with Gasteiger partial charge in [-0.25, -0.2) is 8.78 Å². The molecule has 1 rings (SSSR count). The summed E-state index contributed by atoms with van der Waals surface area (Å²) < 4.78 is 25.9. The van der Waals surface area contributed by atoms with Gasteiger partial charge in [-0.15, -0.1) is 0 Å². The van der Waals surface area contributed by atoms with Crippen molar-refractivity contribution in [2.75, 3.05) is 0 Å². The number of hydrogen-bond donors (Lipinski definition) is 0. The first-order valence-electron chi connectivity index (χ1n) is 3.51. The van der Waals surface area contributed by atoms with Crippen molar-refractivity contribution in [1.82, 2.24) is 0 Å². The van der Waals surface area contributed by atoms with Crippen LogP contribution in [0, 0.1) is 11.6 Å². The predicted octanol–water partition coefficient (Wildman–Crippen LogP) is 1.98. The number of hydrogen-bond acceptors (Lipinski definition) is 2. The van der Waals surface area contributed by atoms with Crippen molar-refractivity contribution in [3.05, 3.63) is 34.9 Å². The number of Topliss-reactive ketones (excluding diaryl/α,β-unsaturated/α-hetero) is 1. The van der Waals surface area contributed by atoms with Crippen molar-refractivity contribution in [3.63, 3.8) is 0 Å². The minimum absolute atomic E-state index is 0.125. The van der Waals surface area contributed by atoms with Gasteiger partial charge in [0, 0.05) is 5.56 Å². The Morgan fingerprint density at radius 2 is 1.77 bits per heavy atom. The molecule has 0 saturated carbocycles. The van der Waals surface area contributed by atoms with Gasteiger partial charge in [-0.1, -0.05) is 0 Å². The zero-order chi connectivity index (χ0) is 10.0. The number of halogens is 2. The fourth-order valence-corrected chi connectivity index (χ4v) is 0.997. The third-order valence-electron chi connectivity index (χ3n) is 1.55. The number of carbonyl (C=O) groups excluding carboxylic acids is 2. The topological polar surface area (TPSA) is 34.1 Å². The predicted molar refractivity (Wildman–Crippen MR) is 41.8 cm³/mol. The van der Waals surface area contributed by atoms with E-state index in [1.807, 2.05) is 0 Å². The highest BCUT2D eigenvalue weighted by molar-refractivity contribution is 5.95. The van der Waals surface area contributed by atoms with Crippen LogP contribution in [0.25, 0.3) is 0 Å². The Morgan fingerprint density at radius 1 is 1.31 bits per heavy atom. The first-order chi connectivity index (χ1) is 6.06. The van der Waals surface area contributed by atoms with Crippen LogP contribution in [0.3, 0.4) is 0 Å². The summed E-state index contributed by atoms with van der Waals surface area (Å²) in [5.74, 6) is -2.71. The fourth-order valence-electron chi connectivity index (χ4n) is 0.997. The molecule has 0 amide bonds. The largest absolute Gasteiger partial charge is 0.298 e. The molecule has 0 fully saturated rings. The van der Waals surface area contributed by atoms with E-state index in [1.165, 1.54) is 0 Å². The molecule has 0 bridgehead atoms. The Bertz CT molecular complexity index is 349. The Labute approximate surface area is 73.2 Å². The Kier molecular flexibility index (Phi) is 2.51. The van der Waals surface area contributed by atoms with Crippen LogP contribution in [0.15, 0.2) is 12.1 Å². The summed E-state index contributed by atoms with van der Waals surface area (Å²) >= 11 is 0. The van der Waals surface area contributed by atoms with Crippen LogP contribution < -0.4 is 0 Å². The third kappa shape index (κ3) is 1.77. The lowest BCUT2D eigenvalue weighted by atomic mass is 10.1. The fraction of sp³-hybridized carbons (Fsp3) is 0.111. The number of carbonyl (C=O) groups is 2. The second kappa shape index (κ2) is 3.43. The molecule has 0 aromatic heterocycles. The molecule has 68 valence electrons. The van der Waals surface area contributed by atoms with Gasteiger partial charge in [0.15, 0.2) is 5.78 Å². The maximum atomic E-state index is 12.9. The van der Waals surface area contributed by atoms with Gasteiger partial charge in [0.05, 0.1) is 5.56 Å². The van der Waals surface area contributed by atoms with E-state index >= 15 is 0 Å². The Balaban J connectivity index is 3.39. The highest BCUT2D eigenvalue weighted by Crippen LogP contribution is 2.14. The maximum absolute atomic E-state index is 12.9. The summed E-state index contributed by atoms with van der Waals surface area (Å²) in [6, 6.07) is 1.65. The molecule has 0 N–H and O–H groups in total. The molecule has 2 nitrogen and oxygen atoms in total. The summed E-state index contributed by atoms with van der Waals surface area (Å²) in [6.07, 6.45) is 0.316. The van der Waals surface area contributed by atoms with Crippen LogP contribution in [0.5, 0.6) is 0 Å². The molecule has 0 aliphatic rings. The third-order valence-corrected chi connectivity index (χ3v) is 1.55. The molecule has 0 atom stereocenters. The van der Waals surface area contributed by atoms with Crippen molar-refractivity contribution in [2.24, 2.45) is 0 Å². The van der Waals surface area contributed by atoms with Gasteiger partial charge in [-0.05, 0) is 19.1 Å². The maximum Gasteiger partial charge on any atom is 0.165 e. The van der Waals surface area contributed by atoms with Crippen LogP contribution in [0.1, 0.15) is 27.6 Å². The molecule has 0 spiro atoms. The lowest BCUT2D eigenvalue weighted by Gasteiger charge is -2.00. The zero-order valence-electron chi connectivity index (χ0n) is 6.80. The molecule has 1 aromatic carbocycles. The molecular weight excluding hydrogens is 178 g/mol. The minimum atomic E-state index is -1.01. The van der Waals surface area contributed by atoms with Crippen LogP contribution in [-0.4, -0.2) is 12.1 Å². The van der Waals surface area contributed by atoms with Gasteiger partial charge in [0.25, 0.3) is 0 Å². The van der Waals surface area contributed by atoms with Crippen LogP contribution in [0.4, 0.5) is 8.78 Å². The highest BCUT2D eigenvalue weighted by Gasteiger charge is 2.14. The average Bonchev–Trinajstić information content (AvgIpc) is 2.02. The second-order valence-electron chi connectivity index (χ2n) is 2.53. The molecule has 0 unspecified atom stereocenters. The molecule has 0 aliphatic heterocycles. The van der Waals surface area contributed by atoms with Crippen LogP contribution in [-0.2, 0) is 0 Å². The minimum Gasteiger partial charge on any atom is -0.298 e. The Hall–Kier alpha value is -1.58. The van der Waals surface area contributed by atoms with Crippen molar-refractivity contribution in [3.8, 4) is 0 Å². The average molecular weight is 184 g/mol. The van der Waals surface area contributed by atoms with Crippen molar-refractivity contribution in [1.29, 1.82) is 0 Å². The Morgan fingerprint density at radius 3 is 2.08 bits per heavy atom. The SMILES string of the molecule is CC(=O)c1c(F)cc(C=O)cc1F. The van der Waals surface area contributed by atoms with E-state index in [1.54, 1.807) is 0 Å². The van der Waals surface area contributed by atoms with Gasteiger partial charge < -0.3 is 0 Å². The summed E-state index contributed by atoms with van der Waals surface area (Å²) in [5.41, 5.74) is -0.731. The van der Waals surface area contributed by atoms with Crippen LogP contribution in [0.2, 0.25) is 0 Å². The van der Waals surface area contributed by atoms with E-state index < -0.39 is 23.0 Å². The molecule has 0 heterocycles. The van der Waals surface area contributed by atoms with Crippen molar-refractivity contribution in [2.45, 2.75) is 6.92 Å². The van der Waals surface area contributed by atoms with E-state index in [2.05, 4.69) is 0 Å². The molecule has 0 aliphatic carbocycles.